The van der Waals surface area contributed by atoms with Crippen molar-refractivity contribution in [1.29, 1.82) is 0 Å². The lowest BCUT2D eigenvalue weighted by Crippen LogP contribution is -2.41. The minimum Gasteiger partial charge on any atom is -0.381 e. The maximum absolute atomic E-state index is 5.65. The number of rotatable bonds is 7. The van der Waals surface area contributed by atoms with Crippen LogP contribution in [0.3, 0.4) is 0 Å². The van der Waals surface area contributed by atoms with Crippen LogP contribution in [-0.2, 0) is 4.74 Å². The molecule has 2 aliphatic heterocycles. The number of hydrogen-bond acceptors (Lipinski definition) is 3. The Morgan fingerprint density at radius 3 is 2.78 bits per heavy atom. The molecule has 0 bridgehead atoms. The molecule has 0 amide bonds. The molecule has 5 nitrogen and oxygen atoms in total. The van der Waals surface area contributed by atoms with Crippen molar-refractivity contribution in [3.05, 3.63) is 30.3 Å². The van der Waals surface area contributed by atoms with E-state index in [0.29, 0.717) is 5.41 Å². The van der Waals surface area contributed by atoms with Crippen molar-refractivity contribution in [2.45, 2.75) is 32.6 Å². The zero-order chi connectivity index (χ0) is 18.2. The maximum atomic E-state index is 5.65. The van der Waals surface area contributed by atoms with Gasteiger partial charge in [0.05, 0.1) is 6.61 Å². The van der Waals surface area contributed by atoms with Gasteiger partial charge in [-0.1, -0.05) is 18.2 Å². The maximum Gasteiger partial charge on any atom is 0.193 e. The molecule has 1 aromatic carbocycles. The van der Waals surface area contributed by atoms with E-state index < -0.39 is 0 Å². The van der Waals surface area contributed by atoms with E-state index >= 15 is 0 Å². The Labute approximate surface area is 181 Å². The van der Waals surface area contributed by atoms with Crippen molar-refractivity contribution in [3.63, 3.8) is 0 Å². The summed E-state index contributed by atoms with van der Waals surface area (Å²) < 4.78 is 5.65. The van der Waals surface area contributed by atoms with Crippen LogP contribution in [0, 0.1) is 5.41 Å². The number of anilines is 1. The molecule has 1 atom stereocenters. The Bertz CT molecular complexity index is 575. The molecule has 2 fully saturated rings. The van der Waals surface area contributed by atoms with Gasteiger partial charge in [-0.15, -0.1) is 24.0 Å². The number of aliphatic imine (C=N–C) groups is 1. The molecule has 1 unspecified atom stereocenters. The summed E-state index contributed by atoms with van der Waals surface area (Å²) in [4.78, 5) is 9.65. The lowest BCUT2D eigenvalue weighted by molar-refractivity contribution is 0.156. The summed E-state index contributed by atoms with van der Waals surface area (Å²) in [6.45, 7) is 9.09. The molecule has 2 aliphatic rings. The fraction of sp³-hybridized carbons (Fsp3) is 0.667. The van der Waals surface area contributed by atoms with E-state index in [4.69, 9.17) is 9.73 Å². The number of nitrogens with one attached hydrogen (secondary N) is 1. The quantitative estimate of drug-likeness (QED) is 0.277. The van der Waals surface area contributed by atoms with E-state index in [1.807, 2.05) is 0 Å². The van der Waals surface area contributed by atoms with E-state index in [9.17, 15) is 0 Å². The van der Waals surface area contributed by atoms with Crippen LogP contribution in [0.15, 0.2) is 35.3 Å². The molecule has 0 saturated carbocycles. The zero-order valence-electron chi connectivity index (χ0n) is 16.8. The highest BCUT2D eigenvalue weighted by molar-refractivity contribution is 14.0. The van der Waals surface area contributed by atoms with Crippen LogP contribution in [0.4, 0.5) is 5.69 Å². The third kappa shape index (κ3) is 6.24. The van der Waals surface area contributed by atoms with Crippen molar-refractivity contribution in [3.8, 4) is 0 Å². The number of halogens is 1. The van der Waals surface area contributed by atoms with Gasteiger partial charge in [0.15, 0.2) is 5.96 Å². The van der Waals surface area contributed by atoms with E-state index in [1.54, 1.807) is 0 Å². The molecule has 152 valence electrons. The largest absolute Gasteiger partial charge is 0.381 e. The summed E-state index contributed by atoms with van der Waals surface area (Å²) >= 11 is 0. The normalized spacial score (nSPS) is 22.1. The molecule has 3 rings (SSSR count). The van der Waals surface area contributed by atoms with E-state index in [0.717, 1.165) is 64.7 Å². The van der Waals surface area contributed by atoms with Crippen molar-refractivity contribution in [2.75, 3.05) is 57.9 Å². The van der Waals surface area contributed by atoms with E-state index in [1.165, 1.54) is 18.5 Å². The van der Waals surface area contributed by atoms with Crippen LogP contribution >= 0.6 is 24.0 Å². The summed E-state index contributed by atoms with van der Waals surface area (Å²) in [5, 5.41) is 3.48. The van der Waals surface area contributed by atoms with Gasteiger partial charge < -0.3 is 19.9 Å². The molecular weight excluding hydrogens is 451 g/mol. The highest BCUT2D eigenvalue weighted by Gasteiger charge is 2.42. The lowest BCUT2D eigenvalue weighted by atomic mass is 9.87. The van der Waals surface area contributed by atoms with Crippen LogP contribution < -0.4 is 10.2 Å². The van der Waals surface area contributed by atoms with Gasteiger partial charge in [-0.3, -0.25) is 4.99 Å². The SMILES string of the molecule is CCNC(=NCCCCN(C)c1ccccc1)N1CCC2(CCOC2)C1.I. The highest BCUT2D eigenvalue weighted by atomic mass is 127. The summed E-state index contributed by atoms with van der Waals surface area (Å²) in [5.41, 5.74) is 1.67. The van der Waals surface area contributed by atoms with Crippen LogP contribution in [0.25, 0.3) is 0 Å². The standard InChI is InChI=1S/C21H34N4O.HI/c1-3-22-20(25-15-11-21(17-25)12-16-26-18-21)23-13-7-8-14-24(2)19-9-5-4-6-10-19;/h4-6,9-10H,3,7-8,11-18H2,1-2H3,(H,22,23);1H. The zero-order valence-corrected chi connectivity index (χ0v) is 19.2. The first-order chi connectivity index (χ1) is 12.7. The lowest BCUT2D eigenvalue weighted by Gasteiger charge is -2.25. The highest BCUT2D eigenvalue weighted by Crippen LogP contribution is 2.38. The molecule has 0 aromatic heterocycles. The summed E-state index contributed by atoms with van der Waals surface area (Å²) in [6.07, 6.45) is 4.72. The third-order valence-corrected chi connectivity index (χ3v) is 5.62. The first kappa shape index (κ1) is 22.3. The van der Waals surface area contributed by atoms with Gasteiger partial charge in [0.1, 0.15) is 0 Å². The molecule has 2 heterocycles. The van der Waals surface area contributed by atoms with Gasteiger partial charge in [0.2, 0.25) is 0 Å². The molecule has 0 radical (unpaired) electrons. The predicted molar refractivity (Wildman–Crippen MR) is 124 cm³/mol. The molecule has 2 saturated heterocycles. The van der Waals surface area contributed by atoms with Crippen molar-refractivity contribution < 1.29 is 4.74 Å². The number of hydrogen-bond donors (Lipinski definition) is 1. The van der Waals surface area contributed by atoms with Crippen molar-refractivity contribution in [2.24, 2.45) is 10.4 Å². The number of ether oxygens (including phenoxy) is 1. The first-order valence-electron chi connectivity index (χ1n) is 10.1. The Morgan fingerprint density at radius 2 is 2.07 bits per heavy atom. The number of unbranched alkanes of at least 4 members (excludes halogenated alkanes) is 1. The molecule has 0 aliphatic carbocycles. The number of guanidine groups is 1. The summed E-state index contributed by atoms with van der Waals surface area (Å²) in [7, 11) is 2.16. The Kier molecular flexibility index (Phi) is 9.15. The molecule has 1 spiro atoms. The molecule has 1 N–H and O–H groups in total. The topological polar surface area (TPSA) is 40.1 Å². The fourth-order valence-electron chi connectivity index (χ4n) is 3.97. The smallest absolute Gasteiger partial charge is 0.193 e. The first-order valence-corrected chi connectivity index (χ1v) is 10.1. The predicted octanol–water partition coefficient (Wildman–Crippen LogP) is 3.60. The minimum atomic E-state index is 0. The molecule has 6 heteroatoms. The average molecular weight is 486 g/mol. The van der Waals surface area contributed by atoms with Gasteiger partial charge in [0.25, 0.3) is 0 Å². The number of nitrogens with zero attached hydrogens (tertiary/aromatic N) is 3. The second kappa shape index (κ2) is 11.1. The monoisotopic (exact) mass is 486 g/mol. The molecular formula is C21H35IN4O. The van der Waals surface area contributed by atoms with Gasteiger partial charge in [-0.2, -0.15) is 0 Å². The van der Waals surface area contributed by atoms with Crippen LogP contribution in [0.5, 0.6) is 0 Å². The number of para-hydroxylation sites is 1. The van der Waals surface area contributed by atoms with Gasteiger partial charge in [-0.25, -0.2) is 0 Å². The minimum absolute atomic E-state index is 0. The van der Waals surface area contributed by atoms with Gasteiger partial charge in [0, 0.05) is 57.5 Å². The average Bonchev–Trinajstić information content (AvgIpc) is 3.31. The van der Waals surface area contributed by atoms with Gasteiger partial charge >= 0.3 is 0 Å². The second-order valence-corrected chi connectivity index (χ2v) is 7.67. The Morgan fingerprint density at radius 1 is 1.26 bits per heavy atom. The van der Waals surface area contributed by atoms with Crippen LogP contribution in [0.1, 0.15) is 32.6 Å². The summed E-state index contributed by atoms with van der Waals surface area (Å²) in [6, 6.07) is 10.6. The van der Waals surface area contributed by atoms with E-state index in [-0.39, 0.29) is 24.0 Å². The van der Waals surface area contributed by atoms with Crippen LogP contribution in [-0.4, -0.2) is 63.8 Å². The van der Waals surface area contributed by atoms with Crippen LogP contribution in [0.2, 0.25) is 0 Å². The number of benzene rings is 1. The third-order valence-electron chi connectivity index (χ3n) is 5.62. The fourth-order valence-corrected chi connectivity index (χ4v) is 3.97. The second-order valence-electron chi connectivity index (χ2n) is 7.67. The summed E-state index contributed by atoms with van der Waals surface area (Å²) in [5.74, 6) is 1.09. The van der Waals surface area contributed by atoms with Crippen molar-refractivity contribution >= 4 is 35.6 Å². The van der Waals surface area contributed by atoms with Gasteiger partial charge in [-0.05, 0) is 44.7 Å². The molecule has 1 aromatic rings. The Balaban J connectivity index is 0.00000261. The van der Waals surface area contributed by atoms with E-state index in [2.05, 4.69) is 59.4 Å². The Hall–Kier alpha value is -1.02. The van der Waals surface area contributed by atoms with Crippen molar-refractivity contribution in [1.82, 2.24) is 10.2 Å². The molecule has 27 heavy (non-hydrogen) atoms. The number of likely N-dealkylation sites (tertiary alicyclic amines) is 1.